The first-order chi connectivity index (χ1) is 5.95. The second-order valence-corrected chi connectivity index (χ2v) is 3.70. The number of benzene rings is 1. The fourth-order valence-electron chi connectivity index (χ4n) is 0.752. The summed E-state index contributed by atoms with van der Waals surface area (Å²) in [6.45, 7) is 0. The van der Waals surface area contributed by atoms with Gasteiger partial charge >= 0.3 is 51.4 Å². The minimum Gasteiger partial charge on any atom is -0.545 e. The molecule has 0 aliphatic rings. The zero-order valence-corrected chi connectivity index (χ0v) is 13.1. The SMILES string of the molecule is O=C([O-])c1c(Cl)c(Cl)cc(Cl)c1Cl.[K+]. The van der Waals surface area contributed by atoms with E-state index in [-0.39, 0.29) is 77.0 Å². The first-order valence-corrected chi connectivity index (χ1v) is 4.50. The Balaban J connectivity index is 0.00000169. The van der Waals surface area contributed by atoms with E-state index < -0.39 is 5.97 Å². The summed E-state index contributed by atoms with van der Waals surface area (Å²) in [5.74, 6) is -1.51. The summed E-state index contributed by atoms with van der Waals surface area (Å²) in [6, 6.07) is 1.26. The topological polar surface area (TPSA) is 40.1 Å². The molecule has 0 aliphatic carbocycles. The number of carboxylic acid groups (broad SMARTS) is 1. The smallest absolute Gasteiger partial charge is 0.545 e. The van der Waals surface area contributed by atoms with Crippen LogP contribution in [0.4, 0.5) is 0 Å². The van der Waals surface area contributed by atoms with E-state index in [1.807, 2.05) is 0 Å². The van der Waals surface area contributed by atoms with Crippen LogP contribution in [0.1, 0.15) is 10.4 Å². The molecular formula is C7HCl4KO2. The summed E-state index contributed by atoms with van der Waals surface area (Å²) in [4.78, 5) is 10.5. The fourth-order valence-corrected chi connectivity index (χ4v) is 1.72. The van der Waals surface area contributed by atoms with Crippen LogP contribution in [-0.4, -0.2) is 5.97 Å². The molecule has 0 aromatic heterocycles. The maximum absolute atomic E-state index is 10.5. The van der Waals surface area contributed by atoms with E-state index >= 15 is 0 Å². The molecule has 0 atom stereocenters. The summed E-state index contributed by atoms with van der Waals surface area (Å²) in [5, 5.41) is 10.3. The predicted octanol–water partition coefficient (Wildman–Crippen LogP) is -0.332. The molecule has 0 bridgehead atoms. The molecule has 0 aliphatic heterocycles. The Bertz CT molecular complexity index is 354. The first-order valence-electron chi connectivity index (χ1n) is 2.99. The average molecular weight is 298 g/mol. The molecule has 1 aromatic carbocycles. The number of halogens is 4. The van der Waals surface area contributed by atoms with Gasteiger partial charge in [-0.3, -0.25) is 0 Å². The van der Waals surface area contributed by atoms with Crippen molar-refractivity contribution in [2.45, 2.75) is 0 Å². The Labute approximate surface area is 143 Å². The molecule has 0 N–H and O–H groups in total. The van der Waals surface area contributed by atoms with Gasteiger partial charge in [-0.2, -0.15) is 0 Å². The van der Waals surface area contributed by atoms with Gasteiger partial charge in [0.25, 0.3) is 0 Å². The van der Waals surface area contributed by atoms with Crippen molar-refractivity contribution in [2.75, 3.05) is 0 Å². The Hall–Kier alpha value is 1.49. The third-order valence-corrected chi connectivity index (χ3v) is 2.89. The molecule has 0 unspecified atom stereocenters. The predicted molar refractivity (Wildman–Crippen MR) is 50.8 cm³/mol. The third-order valence-electron chi connectivity index (χ3n) is 1.32. The number of hydrogen-bond acceptors (Lipinski definition) is 2. The average Bonchev–Trinajstić information content (AvgIpc) is 2.01. The van der Waals surface area contributed by atoms with Crippen molar-refractivity contribution in [1.29, 1.82) is 0 Å². The van der Waals surface area contributed by atoms with E-state index in [0.29, 0.717) is 0 Å². The molecule has 2 nitrogen and oxygen atoms in total. The largest absolute Gasteiger partial charge is 1.00 e. The standard InChI is InChI=1S/C7H2Cl4O2.K/c8-2-1-3(9)6(11)4(5(2)10)7(12)13;/h1H,(H,12,13);/q;+1/p-1. The van der Waals surface area contributed by atoms with Gasteiger partial charge in [0.2, 0.25) is 0 Å². The maximum atomic E-state index is 10.5. The minimum atomic E-state index is -1.51. The minimum absolute atomic E-state index is 0. The van der Waals surface area contributed by atoms with E-state index in [2.05, 4.69) is 0 Å². The molecule has 0 amide bonds. The zero-order chi connectivity index (χ0) is 10.2. The molecule has 7 heteroatoms. The van der Waals surface area contributed by atoms with Gasteiger partial charge < -0.3 is 9.90 Å². The van der Waals surface area contributed by atoms with Gasteiger partial charge in [-0.05, 0) is 6.07 Å². The number of carbonyl (C=O) groups excluding carboxylic acids is 1. The van der Waals surface area contributed by atoms with Gasteiger partial charge in [0.05, 0.1) is 26.1 Å². The normalized spacial score (nSPS) is 9.43. The van der Waals surface area contributed by atoms with Gasteiger partial charge in [0.1, 0.15) is 0 Å². The van der Waals surface area contributed by atoms with Crippen molar-refractivity contribution in [3.8, 4) is 0 Å². The summed E-state index contributed by atoms with van der Waals surface area (Å²) >= 11 is 22.3. The van der Waals surface area contributed by atoms with Crippen molar-refractivity contribution in [3.05, 3.63) is 31.7 Å². The molecule has 0 fully saturated rings. The Kier molecular flexibility index (Phi) is 6.94. The van der Waals surface area contributed by atoms with Crippen molar-refractivity contribution >= 4 is 52.4 Å². The van der Waals surface area contributed by atoms with Crippen LogP contribution >= 0.6 is 46.4 Å². The van der Waals surface area contributed by atoms with Crippen molar-refractivity contribution in [2.24, 2.45) is 0 Å². The molecule has 0 heterocycles. The van der Waals surface area contributed by atoms with Crippen LogP contribution in [0.15, 0.2) is 6.07 Å². The van der Waals surface area contributed by atoms with E-state index in [1.54, 1.807) is 0 Å². The van der Waals surface area contributed by atoms with Gasteiger partial charge in [0.15, 0.2) is 0 Å². The zero-order valence-electron chi connectivity index (χ0n) is 6.91. The van der Waals surface area contributed by atoms with E-state index in [4.69, 9.17) is 46.4 Å². The second-order valence-electron chi connectivity index (χ2n) is 2.13. The van der Waals surface area contributed by atoms with Crippen LogP contribution in [0.3, 0.4) is 0 Å². The van der Waals surface area contributed by atoms with Gasteiger partial charge in [-0.15, -0.1) is 0 Å². The molecule has 0 saturated carbocycles. The quantitative estimate of drug-likeness (QED) is 0.526. The van der Waals surface area contributed by atoms with Crippen LogP contribution in [0.25, 0.3) is 0 Å². The Morgan fingerprint density at radius 1 is 1.07 bits per heavy atom. The van der Waals surface area contributed by atoms with Crippen LogP contribution < -0.4 is 56.5 Å². The number of aromatic carboxylic acids is 1. The number of hydrogen-bond donors (Lipinski definition) is 0. The molecule has 0 saturated heterocycles. The van der Waals surface area contributed by atoms with Crippen molar-refractivity contribution in [3.63, 3.8) is 0 Å². The monoisotopic (exact) mass is 296 g/mol. The molecule has 70 valence electrons. The van der Waals surface area contributed by atoms with E-state index in [9.17, 15) is 9.90 Å². The van der Waals surface area contributed by atoms with Crippen LogP contribution in [0.2, 0.25) is 20.1 Å². The molecule has 0 radical (unpaired) electrons. The summed E-state index contributed by atoms with van der Waals surface area (Å²) in [6.07, 6.45) is 0. The summed E-state index contributed by atoms with van der Waals surface area (Å²) in [5.41, 5.74) is -0.388. The molecular weight excluding hydrogens is 297 g/mol. The van der Waals surface area contributed by atoms with Gasteiger partial charge in [0, 0.05) is 5.56 Å². The molecule has 1 rings (SSSR count). The van der Waals surface area contributed by atoms with Crippen LogP contribution in [-0.2, 0) is 0 Å². The van der Waals surface area contributed by atoms with E-state index in [0.717, 1.165) is 0 Å². The van der Waals surface area contributed by atoms with Crippen molar-refractivity contribution < 1.29 is 61.3 Å². The van der Waals surface area contributed by atoms with Crippen LogP contribution in [0.5, 0.6) is 0 Å². The fraction of sp³-hybridized carbons (Fsp3) is 0. The maximum Gasteiger partial charge on any atom is 1.00 e. The number of rotatable bonds is 1. The molecule has 1 aromatic rings. The Morgan fingerprint density at radius 2 is 1.43 bits per heavy atom. The Morgan fingerprint density at radius 3 is 1.71 bits per heavy atom. The van der Waals surface area contributed by atoms with Crippen molar-refractivity contribution in [1.82, 2.24) is 0 Å². The van der Waals surface area contributed by atoms with E-state index in [1.165, 1.54) is 6.07 Å². The summed E-state index contributed by atoms with van der Waals surface area (Å²) in [7, 11) is 0. The second kappa shape index (κ2) is 6.28. The summed E-state index contributed by atoms with van der Waals surface area (Å²) < 4.78 is 0. The van der Waals surface area contributed by atoms with Gasteiger partial charge in [-0.1, -0.05) is 46.4 Å². The number of carboxylic acids is 1. The van der Waals surface area contributed by atoms with Gasteiger partial charge in [-0.25, -0.2) is 0 Å². The number of carbonyl (C=O) groups is 1. The van der Waals surface area contributed by atoms with Crippen LogP contribution in [0, 0.1) is 0 Å². The molecule has 14 heavy (non-hydrogen) atoms. The first kappa shape index (κ1) is 15.5. The molecule has 0 spiro atoms. The third kappa shape index (κ3) is 3.24.